The van der Waals surface area contributed by atoms with Crippen molar-refractivity contribution < 1.29 is 18.7 Å². The van der Waals surface area contributed by atoms with Crippen molar-refractivity contribution in [1.82, 2.24) is 9.88 Å². The number of hydrogen-bond donors (Lipinski definition) is 0. The number of thiophene rings is 1. The van der Waals surface area contributed by atoms with Crippen molar-refractivity contribution >= 4 is 17.3 Å². The van der Waals surface area contributed by atoms with E-state index >= 15 is 0 Å². The van der Waals surface area contributed by atoms with Gasteiger partial charge in [-0.15, -0.1) is 11.3 Å². The van der Waals surface area contributed by atoms with Crippen LogP contribution in [0, 0.1) is 12.8 Å². The minimum atomic E-state index is -0.0601. The summed E-state index contributed by atoms with van der Waals surface area (Å²) in [5.41, 5.74) is 3.40. The molecule has 0 N–H and O–H groups in total. The van der Waals surface area contributed by atoms with E-state index in [-0.39, 0.29) is 11.9 Å². The molecule has 7 heteroatoms. The fourth-order valence-electron chi connectivity index (χ4n) is 4.48. The minimum absolute atomic E-state index is 0.0118. The molecule has 3 heterocycles. The molecule has 34 heavy (non-hydrogen) atoms. The molecule has 2 aromatic heterocycles. The molecule has 0 spiro atoms. The van der Waals surface area contributed by atoms with Gasteiger partial charge in [-0.3, -0.25) is 9.69 Å². The largest absolute Gasteiger partial charge is 0.493 e. The lowest BCUT2D eigenvalue weighted by atomic mass is 9.97. The first-order chi connectivity index (χ1) is 16.6. The topological polar surface area (TPSA) is 64.8 Å². The Morgan fingerprint density at radius 1 is 1.29 bits per heavy atom. The molecule has 1 atom stereocenters. The first kappa shape index (κ1) is 24.5. The molecule has 6 nitrogen and oxygen atoms in total. The summed E-state index contributed by atoms with van der Waals surface area (Å²) in [5, 5.41) is 2.03. The Morgan fingerprint density at radius 3 is 2.94 bits per heavy atom. The summed E-state index contributed by atoms with van der Waals surface area (Å²) in [7, 11) is 0. The Kier molecular flexibility index (Phi) is 8.40. The molecule has 182 valence electrons. The zero-order valence-corrected chi connectivity index (χ0v) is 21.2. The van der Waals surface area contributed by atoms with Crippen molar-refractivity contribution in [2.75, 3.05) is 26.3 Å². The average Bonchev–Trinajstić information content (AvgIpc) is 3.50. The lowest BCUT2D eigenvalue weighted by Crippen LogP contribution is -2.38. The van der Waals surface area contributed by atoms with E-state index in [0.717, 1.165) is 61.0 Å². The molecule has 1 fully saturated rings. The third kappa shape index (κ3) is 6.07. The number of aromatic nitrogens is 1. The fourth-order valence-corrected chi connectivity index (χ4v) is 5.13. The Morgan fingerprint density at radius 2 is 2.18 bits per heavy atom. The number of esters is 1. The fraction of sp³-hybridized carbons (Fsp3) is 0.481. The van der Waals surface area contributed by atoms with Crippen LogP contribution in [-0.4, -0.2) is 42.2 Å². The zero-order chi connectivity index (χ0) is 23.9. The summed E-state index contributed by atoms with van der Waals surface area (Å²) in [6, 6.07) is 10.5. The van der Waals surface area contributed by atoms with Crippen LogP contribution in [0.15, 0.2) is 40.1 Å². The van der Waals surface area contributed by atoms with E-state index in [1.165, 1.54) is 11.1 Å². The van der Waals surface area contributed by atoms with Crippen molar-refractivity contribution in [1.29, 1.82) is 0 Å². The summed E-state index contributed by atoms with van der Waals surface area (Å²) in [5.74, 6) is 2.39. The highest BCUT2D eigenvalue weighted by Crippen LogP contribution is 2.27. The van der Waals surface area contributed by atoms with E-state index < -0.39 is 0 Å². The summed E-state index contributed by atoms with van der Waals surface area (Å²) in [6.07, 6.45) is 3.55. The maximum atomic E-state index is 12.2. The van der Waals surface area contributed by atoms with Gasteiger partial charge in [-0.25, -0.2) is 4.98 Å². The van der Waals surface area contributed by atoms with E-state index in [2.05, 4.69) is 35.0 Å². The smallest absolute Gasteiger partial charge is 0.310 e. The first-order valence-electron chi connectivity index (χ1n) is 12.2. The normalized spacial score (nSPS) is 16.5. The molecular weight excluding hydrogens is 448 g/mol. The van der Waals surface area contributed by atoms with Crippen LogP contribution in [0.25, 0.3) is 10.8 Å². The highest BCUT2D eigenvalue weighted by Gasteiger charge is 2.26. The second-order valence-electron chi connectivity index (χ2n) is 8.72. The Balaban J connectivity index is 1.33. The van der Waals surface area contributed by atoms with Gasteiger partial charge in [-0.2, -0.15) is 0 Å². The molecule has 1 aromatic carbocycles. The number of rotatable bonds is 10. The van der Waals surface area contributed by atoms with Crippen LogP contribution >= 0.6 is 11.3 Å². The maximum Gasteiger partial charge on any atom is 0.310 e. The van der Waals surface area contributed by atoms with Gasteiger partial charge in [-0.05, 0) is 68.3 Å². The zero-order valence-electron chi connectivity index (χ0n) is 20.3. The van der Waals surface area contributed by atoms with E-state index in [1.54, 1.807) is 11.3 Å². The van der Waals surface area contributed by atoms with Gasteiger partial charge in [-0.1, -0.05) is 25.1 Å². The van der Waals surface area contributed by atoms with Crippen molar-refractivity contribution in [3.05, 3.63) is 58.3 Å². The van der Waals surface area contributed by atoms with Gasteiger partial charge < -0.3 is 13.9 Å². The summed E-state index contributed by atoms with van der Waals surface area (Å²) < 4.78 is 17.2. The van der Waals surface area contributed by atoms with E-state index in [1.807, 2.05) is 31.4 Å². The van der Waals surface area contributed by atoms with Gasteiger partial charge in [0.25, 0.3) is 0 Å². The highest BCUT2D eigenvalue weighted by molar-refractivity contribution is 7.13. The van der Waals surface area contributed by atoms with Gasteiger partial charge in [0, 0.05) is 19.5 Å². The number of likely N-dealkylation sites (tertiary alicyclic amines) is 1. The van der Waals surface area contributed by atoms with Crippen molar-refractivity contribution in [2.24, 2.45) is 5.92 Å². The van der Waals surface area contributed by atoms with E-state index in [4.69, 9.17) is 13.9 Å². The molecule has 1 saturated heterocycles. The third-order valence-electron chi connectivity index (χ3n) is 6.26. The molecule has 1 unspecified atom stereocenters. The Labute approximate surface area is 205 Å². The second kappa shape index (κ2) is 11.7. The summed E-state index contributed by atoms with van der Waals surface area (Å²) in [4.78, 5) is 20.2. The number of ether oxygens (including phenoxy) is 2. The van der Waals surface area contributed by atoms with Gasteiger partial charge in [0.2, 0.25) is 5.89 Å². The average molecular weight is 483 g/mol. The standard InChI is InChI=1S/C27H34N2O4S/c1-4-21-16-20(17-29-13-6-8-22(18-29)27(30)31-5-2)10-11-24(21)32-14-12-23-19(3)33-26(28-23)25-9-7-15-34-25/h7,9-11,15-16,22H,4-6,8,12-14,17-18H2,1-3H3. The van der Waals surface area contributed by atoms with Crippen LogP contribution in [-0.2, 0) is 28.9 Å². The Bertz CT molecular complexity index is 1080. The van der Waals surface area contributed by atoms with E-state index in [9.17, 15) is 4.79 Å². The number of piperidine rings is 1. The molecular formula is C27H34N2O4S. The molecule has 0 aliphatic carbocycles. The SMILES string of the molecule is CCOC(=O)C1CCCN(Cc2ccc(OCCc3nc(-c4cccs4)oc3C)c(CC)c2)C1. The van der Waals surface area contributed by atoms with Crippen LogP contribution in [0.5, 0.6) is 5.75 Å². The molecule has 1 aliphatic heterocycles. The molecule has 0 amide bonds. The second-order valence-corrected chi connectivity index (χ2v) is 9.67. The number of hydrogen-bond acceptors (Lipinski definition) is 7. The van der Waals surface area contributed by atoms with Crippen molar-refractivity contribution in [3.63, 3.8) is 0 Å². The summed E-state index contributed by atoms with van der Waals surface area (Å²) in [6.45, 7) is 9.59. The van der Waals surface area contributed by atoms with Crippen LogP contribution in [0.4, 0.5) is 0 Å². The predicted molar refractivity (Wildman–Crippen MR) is 134 cm³/mol. The minimum Gasteiger partial charge on any atom is -0.493 e. The van der Waals surface area contributed by atoms with Crippen molar-refractivity contribution in [2.45, 2.75) is 53.0 Å². The highest BCUT2D eigenvalue weighted by atomic mass is 32.1. The lowest BCUT2D eigenvalue weighted by molar-refractivity contribution is -0.150. The maximum absolute atomic E-state index is 12.2. The molecule has 0 saturated carbocycles. The van der Waals surface area contributed by atoms with E-state index in [0.29, 0.717) is 25.5 Å². The molecule has 3 aromatic rings. The monoisotopic (exact) mass is 482 g/mol. The van der Waals surface area contributed by atoms with Crippen LogP contribution in [0.1, 0.15) is 49.3 Å². The van der Waals surface area contributed by atoms with Crippen LogP contribution in [0.3, 0.4) is 0 Å². The summed E-state index contributed by atoms with van der Waals surface area (Å²) >= 11 is 1.63. The third-order valence-corrected chi connectivity index (χ3v) is 7.12. The number of oxazole rings is 1. The van der Waals surface area contributed by atoms with Gasteiger partial charge in [0.15, 0.2) is 0 Å². The predicted octanol–water partition coefficient (Wildman–Crippen LogP) is 5.67. The van der Waals surface area contributed by atoms with Gasteiger partial charge in [0.1, 0.15) is 11.5 Å². The molecule has 0 radical (unpaired) electrons. The van der Waals surface area contributed by atoms with Crippen LogP contribution < -0.4 is 4.74 Å². The first-order valence-corrected chi connectivity index (χ1v) is 13.1. The number of aryl methyl sites for hydroxylation is 2. The number of carbonyl (C=O) groups is 1. The van der Waals surface area contributed by atoms with Crippen LogP contribution in [0.2, 0.25) is 0 Å². The number of carbonyl (C=O) groups excluding carboxylic acids is 1. The quantitative estimate of drug-likeness (QED) is 0.347. The van der Waals surface area contributed by atoms with Crippen molar-refractivity contribution in [3.8, 4) is 16.5 Å². The number of benzene rings is 1. The number of nitrogens with zero attached hydrogens (tertiary/aromatic N) is 2. The molecule has 1 aliphatic rings. The van der Waals surface area contributed by atoms with Gasteiger partial charge in [0.05, 0.1) is 29.7 Å². The van der Waals surface area contributed by atoms with Gasteiger partial charge >= 0.3 is 5.97 Å². The molecule has 0 bridgehead atoms. The lowest BCUT2D eigenvalue weighted by Gasteiger charge is -2.31. The molecule has 4 rings (SSSR count). The Hall–Kier alpha value is -2.64.